The summed E-state index contributed by atoms with van der Waals surface area (Å²) in [5.41, 5.74) is 1.56. The number of aliphatic carboxylic acids is 1. The van der Waals surface area contributed by atoms with Gasteiger partial charge in [-0.1, -0.05) is 44.2 Å². The Balaban J connectivity index is 1.76. The summed E-state index contributed by atoms with van der Waals surface area (Å²) in [6.07, 6.45) is 0.536. The number of imide groups is 1. The first-order valence-corrected chi connectivity index (χ1v) is 9.37. The Hall–Kier alpha value is -3.48. The maximum absolute atomic E-state index is 12.7. The Morgan fingerprint density at radius 1 is 1.00 bits per heavy atom. The van der Waals surface area contributed by atoms with Crippen LogP contribution in [0.2, 0.25) is 0 Å². The highest BCUT2D eigenvalue weighted by atomic mass is 16.4. The van der Waals surface area contributed by atoms with E-state index in [9.17, 15) is 24.3 Å². The predicted octanol–water partition coefficient (Wildman–Crippen LogP) is 2.36. The van der Waals surface area contributed by atoms with Gasteiger partial charge in [0.1, 0.15) is 6.04 Å². The van der Waals surface area contributed by atoms with Crippen LogP contribution in [0, 0.1) is 5.92 Å². The van der Waals surface area contributed by atoms with Gasteiger partial charge in [-0.25, -0.2) is 4.79 Å². The van der Waals surface area contributed by atoms with Crippen LogP contribution >= 0.6 is 0 Å². The minimum Gasteiger partial charge on any atom is -0.480 e. The molecule has 2 aromatic carbocycles. The molecular formula is C22H22N2O5. The van der Waals surface area contributed by atoms with Gasteiger partial charge in [-0.2, -0.15) is 0 Å². The summed E-state index contributed by atoms with van der Waals surface area (Å²) in [6, 6.07) is 12.7. The number of carbonyl (C=O) groups is 4. The lowest BCUT2D eigenvalue weighted by Gasteiger charge is -2.18. The molecule has 0 unspecified atom stereocenters. The molecule has 3 amide bonds. The van der Waals surface area contributed by atoms with Gasteiger partial charge in [-0.15, -0.1) is 0 Å². The van der Waals surface area contributed by atoms with Crippen LogP contribution in [0.1, 0.15) is 50.5 Å². The van der Waals surface area contributed by atoms with Crippen LogP contribution < -0.4 is 5.32 Å². The van der Waals surface area contributed by atoms with E-state index in [0.29, 0.717) is 6.42 Å². The molecule has 7 heteroatoms. The molecule has 150 valence electrons. The van der Waals surface area contributed by atoms with Crippen molar-refractivity contribution in [2.75, 3.05) is 6.54 Å². The van der Waals surface area contributed by atoms with Crippen molar-refractivity contribution in [3.8, 4) is 0 Å². The zero-order chi connectivity index (χ0) is 21.1. The van der Waals surface area contributed by atoms with E-state index in [0.717, 1.165) is 5.56 Å². The third-order valence-corrected chi connectivity index (χ3v) is 4.92. The standard InChI is InChI=1S/C22H22N2O5/c1-13(2)18(22(28)29)23-19(25)15-8-9-16-17(12-15)21(27)24(20(16)26)11-10-14-6-4-3-5-7-14/h3-9,12-13,18H,10-11H2,1-2H3,(H,23,25)(H,28,29)/t18-/m1/s1. The summed E-state index contributed by atoms with van der Waals surface area (Å²) in [7, 11) is 0. The molecule has 0 bridgehead atoms. The average molecular weight is 394 g/mol. The smallest absolute Gasteiger partial charge is 0.326 e. The number of carboxylic acid groups (broad SMARTS) is 1. The summed E-state index contributed by atoms with van der Waals surface area (Å²) in [6.45, 7) is 3.62. The largest absolute Gasteiger partial charge is 0.480 e. The zero-order valence-corrected chi connectivity index (χ0v) is 16.2. The molecule has 1 heterocycles. The highest BCUT2D eigenvalue weighted by Gasteiger charge is 2.36. The molecule has 0 aliphatic carbocycles. The maximum atomic E-state index is 12.7. The van der Waals surface area contributed by atoms with Crippen molar-refractivity contribution >= 4 is 23.7 Å². The molecule has 7 nitrogen and oxygen atoms in total. The quantitative estimate of drug-likeness (QED) is 0.702. The summed E-state index contributed by atoms with van der Waals surface area (Å²) in [5.74, 6) is -2.87. The number of carboxylic acids is 1. The topological polar surface area (TPSA) is 104 Å². The Morgan fingerprint density at radius 3 is 2.28 bits per heavy atom. The lowest BCUT2D eigenvalue weighted by molar-refractivity contribution is -0.140. The second-order valence-corrected chi connectivity index (χ2v) is 7.29. The Kier molecular flexibility index (Phi) is 5.77. The number of hydrogen-bond acceptors (Lipinski definition) is 4. The van der Waals surface area contributed by atoms with Crippen molar-refractivity contribution in [2.45, 2.75) is 26.3 Å². The molecule has 2 N–H and O–H groups in total. The van der Waals surface area contributed by atoms with E-state index < -0.39 is 29.7 Å². The monoisotopic (exact) mass is 394 g/mol. The second-order valence-electron chi connectivity index (χ2n) is 7.29. The third-order valence-electron chi connectivity index (χ3n) is 4.92. The number of rotatable bonds is 7. The van der Waals surface area contributed by atoms with E-state index in [2.05, 4.69) is 5.32 Å². The Morgan fingerprint density at radius 2 is 1.66 bits per heavy atom. The molecule has 0 fully saturated rings. The second kappa shape index (κ2) is 8.26. The summed E-state index contributed by atoms with van der Waals surface area (Å²) < 4.78 is 0. The lowest BCUT2D eigenvalue weighted by Crippen LogP contribution is -2.44. The molecule has 0 radical (unpaired) electrons. The molecule has 2 aromatic rings. The number of carbonyl (C=O) groups excluding carboxylic acids is 3. The van der Waals surface area contributed by atoms with E-state index in [-0.39, 0.29) is 29.2 Å². The van der Waals surface area contributed by atoms with E-state index in [1.807, 2.05) is 30.3 Å². The van der Waals surface area contributed by atoms with Crippen LogP contribution in [0.15, 0.2) is 48.5 Å². The molecule has 29 heavy (non-hydrogen) atoms. The zero-order valence-electron chi connectivity index (χ0n) is 16.2. The van der Waals surface area contributed by atoms with Gasteiger partial charge in [0.15, 0.2) is 0 Å². The van der Waals surface area contributed by atoms with Gasteiger partial charge < -0.3 is 10.4 Å². The molecule has 3 rings (SSSR count). The van der Waals surface area contributed by atoms with Gasteiger partial charge in [0.25, 0.3) is 17.7 Å². The Labute approximate surface area is 168 Å². The Bertz CT molecular complexity index is 968. The first-order valence-electron chi connectivity index (χ1n) is 9.37. The fourth-order valence-electron chi connectivity index (χ4n) is 3.26. The number of fused-ring (bicyclic) bond motifs is 1. The molecule has 1 aliphatic rings. The minimum absolute atomic E-state index is 0.140. The highest BCUT2D eigenvalue weighted by molar-refractivity contribution is 6.22. The maximum Gasteiger partial charge on any atom is 0.326 e. The van der Waals surface area contributed by atoms with Gasteiger partial charge >= 0.3 is 5.97 Å². The lowest BCUT2D eigenvalue weighted by atomic mass is 10.0. The SMILES string of the molecule is CC(C)[C@@H](NC(=O)c1ccc2c(c1)C(=O)N(CCc1ccccc1)C2=O)C(=O)O. The van der Waals surface area contributed by atoms with E-state index in [4.69, 9.17) is 0 Å². The summed E-state index contributed by atoms with van der Waals surface area (Å²) in [5, 5.41) is 11.7. The first kappa shape index (κ1) is 20.3. The average Bonchev–Trinajstić information content (AvgIpc) is 2.94. The van der Waals surface area contributed by atoms with Gasteiger partial charge in [0.05, 0.1) is 11.1 Å². The molecule has 0 spiro atoms. The fourth-order valence-corrected chi connectivity index (χ4v) is 3.26. The van der Waals surface area contributed by atoms with Crippen molar-refractivity contribution in [2.24, 2.45) is 5.92 Å². The predicted molar refractivity (Wildman–Crippen MR) is 106 cm³/mol. The third kappa shape index (κ3) is 4.18. The summed E-state index contributed by atoms with van der Waals surface area (Å²) >= 11 is 0. The van der Waals surface area contributed by atoms with Crippen molar-refractivity contribution in [3.63, 3.8) is 0 Å². The summed E-state index contributed by atoms with van der Waals surface area (Å²) in [4.78, 5) is 50.2. The van der Waals surface area contributed by atoms with Crippen molar-refractivity contribution < 1.29 is 24.3 Å². The van der Waals surface area contributed by atoms with Crippen molar-refractivity contribution in [1.82, 2.24) is 10.2 Å². The van der Waals surface area contributed by atoms with Gasteiger partial charge in [-0.05, 0) is 36.1 Å². The molecule has 0 saturated carbocycles. The van der Waals surface area contributed by atoms with E-state index in [1.165, 1.54) is 23.1 Å². The van der Waals surface area contributed by atoms with E-state index >= 15 is 0 Å². The van der Waals surface area contributed by atoms with Crippen LogP contribution in [0.25, 0.3) is 0 Å². The minimum atomic E-state index is -1.13. The number of nitrogens with zero attached hydrogens (tertiary/aromatic N) is 1. The fraction of sp³-hybridized carbons (Fsp3) is 0.273. The number of amides is 3. The molecule has 1 aliphatic heterocycles. The molecular weight excluding hydrogens is 372 g/mol. The van der Waals surface area contributed by atoms with Crippen molar-refractivity contribution in [1.29, 1.82) is 0 Å². The highest BCUT2D eigenvalue weighted by Crippen LogP contribution is 2.24. The number of benzene rings is 2. The number of hydrogen-bond donors (Lipinski definition) is 2. The van der Waals surface area contributed by atoms with Crippen LogP contribution in [0.3, 0.4) is 0 Å². The molecule has 0 saturated heterocycles. The van der Waals surface area contributed by atoms with Crippen LogP contribution in [0.5, 0.6) is 0 Å². The van der Waals surface area contributed by atoms with Gasteiger partial charge in [0, 0.05) is 12.1 Å². The van der Waals surface area contributed by atoms with Gasteiger partial charge in [0.2, 0.25) is 0 Å². The van der Waals surface area contributed by atoms with E-state index in [1.54, 1.807) is 13.8 Å². The molecule has 1 atom stereocenters. The molecule has 0 aromatic heterocycles. The van der Waals surface area contributed by atoms with Crippen LogP contribution in [-0.2, 0) is 11.2 Å². The number of nitrogens with one attached hydrogen (secondary N) is 1. The first-order chi connectivity index (χ1) is 13.8. The van der Waals surface area contributed by atoms with Gasteiger partial charge in [-0.3, -0.25) is 19.3 Å². The van der Waals surface area contributed by atoms with Crippen LogP contribution in [-0.4, -0.2) is 46.3 Å². The normalized spacial score (nSPS) is 14.1. The van der Waals surface area contributed by atoms with Crippen LogP contribution in [0.4, 0.5) is 0 Å². The van der Waals surface area contributed by atoms with Crippen molar-refractivity contribution in [3.05, 3.63) is 70.8 Å².